The average Bonchev–Trinajstić information content (AvgIpc) is 2.57. The highest BCUT2D eigenvalue weighted by Crippen LogP contribution is 2.21. The van der Waals surface area contributed by atoms with Crippen molar-refractivity contribution in [3.63, 3.8) is 0 Å². The lowest BCUT2D eigenvalue weighted by Gasteiger charge is -2.36. The molecule has 0 saturated carbocycles. The van der Waals surface area contributed by atoms with E-state index in [1.165, 1.54) is 0 Å². The highest BCUT2D eigenvalue weighted by molar-refractivity contribution is 6.34. The maximum atomic E-state index is 12.3. The van der Waals surface area contributed by atoms with Crippen molar-refractivity contribution in [1.82, 2.24) is 9.80 Å². The van der Waals surface area contributed by atoms with Gasteiger partial charge < -0.3 is 19.3 Å². The predicted molar refractivity (Wildman–Crippen MR) is 105 cm³/mol. The van der Waals surface area contributed by atoms with E-state index in [-0.39, 0.29) is 24.8 Å². The fourth-order valence-electron chi connectivity index (χ4n) is 2.85. The molecule has 6 nitrogen and oxygen atoms in total. The monoisotopic (exact) mass is 416 g/mol. The number of carbonyl (C=O) groups excluding carboxylic acids is 2. The third-order valence-electron chi connectivity index (χ3n) is 4.24. The highest BCUT2D eigenvalue weighted by Gasteiger charge is 2.30. The SMILES string of the molecule is CN(C(=O)OC(C)(C)C)C1CCN(C(=O)OCc2cc(Cl)cc(Cl)c2)CC1. The number of hydrogen-bond donors (Lipinski definition) is 0. The molecule has 2 amide bonds. The summed E-state index contributed by atoms with van der Waals surface area (Å²) in [7, 11) is 1.73. The van der Waals surface area contributed by atoms with Crippen LogP contribution in [0.25, 0.3) is 0 Å². The van der Waals surface area contributed by atoms with Crippen molar-refractivity contribution in [1.29, 1.82) is 0 Å². The van der Waals surface area contributed by atoms with Crippen LogP contribution in [0.4, 0.5) is 9.59 Å². The number of likely N-dealkylation sites (tertiary alicyclic amines) is 1. The second-order valence-corrected chi connectivity index (χ2v) is 8.51. The van der Waals surface area contributed by atoms with Gasteiger partial charge in [-0.05, 0) is 57.4 Å². The molecule has 0 atom stereocenters. The van der Waals surface area contributed by atoms with E-state index in [0.717, 1.165) is 5.56 Å². The maximum Gasteiger partial charge on any atom is 0.410 e. The zero-order valence-corrected chi connectivity index (χ0v) is 17.6. The molecule has 0 N–H and O–H groups in total. The number of halogens is 2. The summed E-state index contributed by atoms with van der Waals surface area (Å²) in [4.78, 5) is 27.7. The molecule has 1 aliphatic rings. The number of piperidine rings is 1. The molecule has 150 valence electrons. The summed E-state index contributed by atoms with van der Waals surface area (Å²) < 4.78 is 10.7. The predicted octanol–water partition coefficient (Wildman–Crippen LogP) is 4.96. The van der Waals surface area contributed by atoms with Gasteiger partial charge in [0.25, 0.3) is 0 Å². The number of ether oxygens (including phenoxy) is 2. The van der Waals surface area contributed by atoms with Gasteiger partial charge in [-0.3, -0.25) is 0 Å². The molecular formula is C19H26Cl2N2O4. The van der Waals surface area contributed by atoms with Crippen molar-refractivity contribution < 1.29 is 19.1 Å². The molecule has 1 aromatic carbocycles. The van der Waals surface area contributed by atoms with Gasteiger partial charge in [0.15, 0.2) is 0 Å². The molecule has 1 heterocycles. The van der Waals surface area contributed by atoms with Crippen LogP contribution in [0.5, 0.6) is 0 Å². The van der Waals surface area contributed by atoms with Crippen LogP contribution >= 0.6 is 23.2 Å². The van der Waals surface area contributed by atoms with Gasteiger partial charge in [-0.25, -0.2) is 9.59 Å². The molecule has 0 unspecified atom stereocenters. The van der Waals surface area contributed by atoms with Gasteiger partial charge in [0, 0.05) is 36.2 Å². The third-order valence-corrected chi connectivity index (χ3v) is 4.67. The smallest absolute Gasteiger partial charge is 0.410 e. The standard InChI is InChI=1S/C19H26Cl2N2O4/c1-19(2,3)27-17(24)22(4)16-5-7-23(8-6-16)18(25)26-12-13-9-14(20)11-15(21)10-13/h9-11,16H,5-8,12H2,1-4H3. The van der Waals surface area contributed by atoms with E-state index in [4.69, 9.17) is 32.7 Å². The minimum absolute atomic E-state index is 0.0376. The normalized spacial score (nSPS) is 15.4. The fourth-order valence-corrected chi connectivity index (χ4v) is 3.42. The Morgan fingerprint density at radius 2 is 1.70 bits per heavy atom. The van der Waals surface area contributed by atoms with E-state index in [2.05, 4.69) is 0 Å². The quantitative estimate of drug-likeness (QED) is 0.698. The molecule has 0 aliphatic carbocycles. The van der Waals surface area contributed by atoms with Crippen molar-refractivity contribution in [2.45, 2.75) is 51.9 Å². The minimum Gasteiger partial charge on any atom is -0.445 e. The molecule has 1 aliphatic heterocycles. The Labute approximate surface area is 170 Å². The van der Waals surface area contributed by atoms with E-state index in [9.17, 15) is 9.59 Å². The van der Waals surface area contributed by atoms with Gasteiger partial charge in [0.2, 0.25) is 0 Å². The molecule has 1 fully saturated rings. The summed E-state index contributed by atoms with van der Waals surface area (Å²) in [5.41, 5.74) is 0.208. The Kier molecular flexibility index (Phi) is 7.23. The summed E-state index contributed by atoms with van der Waals surface area (Å²) in [6, 6.07) is 5.09. The lowest BCUT2D eigenvalue weighted by molar-refractivity contribution is 0.0147. The molecule has 27 heavy (non-hydrogen) atoms. The van der Waals surface area contributed by atoms with Crippen molar-refractivity contribution in [2.24, 2.45) is 0 Å². The molecule has 8 heteroatoms. The number of benzene rings is 1. The minimum atomic E-state index is -0.529. The van der Waals surface area contributed by atoms with Crippen molar-refractivity contribution in [3.8, 4) is 0 Å². The van der Waals surface area contributed by atoms with Gasteiger partial charge in [0.05, 0.1) is 0 Å². The summed E-state index contributed by atoms with van der Waals surface area (Å²) >= 11 is 11.9. The summed E-state index contributed by atoms with van der Waals surface area (Å²) in [5, 5.41) is 0.999. The van der Waals surface area contributed by atoms with Crippen LogP contribution in [0, 0.1) is 0 Å². The lowest BCUT2D eigenvalue weighted by Crippen LogP contribution is -2.48. The van der Waals surface area contributed by atoms with Gasteiger partial charge >= 0.3 is 12.2 Å². The summed E-state index contributed by atoms with van der Waals surface area (Å²) in [6.45, 7) is 6.66. The third kappa shape index (κ3) is 6.78. The molecule has 0 spiro atoms. The molecule has 1 saturated heterocycles. The van der Waals surface area contributed by atoms with Crippen molar-refractivity contribution in [2.75, 3.05) is 20.1 Å². The zero-order valence-electron chi connectivity index (χ0n) is 16.1. The van der Waals surface area contributed by atoms with E-state index in [0.29, 0.717) is 36.0 Å². The van der Waals surface area contributed by atoms with Gasteiger partial charge in [-0.15, -0.1) is 0 Å². The largest absolute Gasteiger partial charge is 0.445 e. The number of amides is 2. The number of hydrogen-bond acceptors (Lipinski definition) is 4. The average molecular weight is 417 g/mol. The van der Waals surface area contributed by atoms with Crippen molar-refractivity contribution >= 4 is 35.4 Å². The number of nitrogens with zero attached hydrogens (tertiary/aromatic N) is 2. The number of rotatable bonds is 3. The van der Waals surface area contributed by atoms with Crippen LogP contribution in [0.3, 0.4) is 0 Å². The Bertz CT molecular complexity index is 663. The van der Waals surface area contributed by atoms with E-state index >= 15 is 0 Å². The van der Waals surface area contributed by atoms with Gasteiger partial charge in [0.1, 0.15) is 12.2 Å². The first-order valence-electron chi connectivity index (χ1n) is 8.87. The van der Waals surface area contributed by atoms with Gasteiger partial charge in [-0.1, -0.05) is 23.2 Å². The molecule has 1 aromatic rings. The fraction of sp³-hybridized carbons (Fsp3) is 0.579. The lowest BCUT2D eigenvalue weighted by atomic mass is 10.0. The van der Waals surface area contributed by atoms with Crippen LogP contribution in [0.15, 0.2) is 18.2 Å². The Morgan fingerprint density at radius 3 is 2.22 bits per heavy atom. The Balaban J connectivity index is 1.80. The topological polar surface area (TPSA) is 59.1 Å². The Morgan fingerprint density at radius 1 is 1.15 bits per heavy atom. The summed E-state index contributed by atoms with van der Waals surface area (Å²) in [6.07, 6.45) is 0.618. The van der Waals surface area contributed by atoms with E-state index in [1.807, 2.05) is 20.8 Å². The Hall–Kier alpha value is -1.66. The molecule has 2 rings (SSSR count). The summed E-state index contributed by atoms with van der Waals surface area (Å²) in [5.74, 6) is 0. The highest BCUT2D eigenvalue weighted by atomic mass is 35.5. The zero-order chi connectivity index (χ0) is 20.2. The first-order chi connectivity index (χ1) is 12.5. The van der Waals surface area contributed by atoms with Gasteiger partial charge in [-0.2, -0.15) is 0 Å². The van der Waals surface area contributed by atoms with E-state index < -0.39 is 5.60 Å². The van der Waals surface area contributed by atoms with Crippen LogP contribution in [-0.4, -0.2) is 53.8 Å². The van der Waals surface area contributed by atoms with Crippen LogP contribution in [0.2, 0.25) is 10.0 Å². The number of carbonyl (C=O) groups is 2. The molecule has 0 bridgehead atoms. The van der Waals surface area contributed by atoms with Crippen molar-refractivity contribution in [3.05, 3.63) is 33.8 Å². The van der Waals surface area contributed by atoms with Crippen LogP contribution < -0.4 is 0 Å². The van der Waals surface area contributed by atoms with E-state index in [1.54, 1.807) is 35.0 Å². The molecule has 0 radical (unpaired) electrons. The first-order valence-corrected chi connectivity index (χ1v) is 9.63. The maximum absolute atomic E-state index is 12.3. The van der Waals surface area contributed by atoms with Crippen LogP contribution in [-0.2, 0) is 16.1 Å². The molecule has 0 aromatic heterocycles. The van der Waals surface area contributed by atoms with Crippen LogP contribution in [0.1, 0.15) is 39.2 Å². The molecular weight excluding hydrogens is 391 g/mol. The first kappa shape index (κ1) is 21.6. The second-order valence-electron chi connectivity index (χ2n) is 7.64. The second kappa shape index (κ2) is 9.02.